The zero-order chi connectivity index (χ0) is 12.5. The Morgan fingerprint density at radius 1 is 1.28 bits per heavy atom. The molecular weight excluding hydrogens is 230 g/mol. The van der Waals surface area contributed by atoms with Crippen LogP contribution in [0.1, 0.15) is 36.0 Å². The second-order valence-electron chi connectivity index (χ2n) is 4.71. The van der Waals surface area contributed by atoms with E-state index in [0.29, 0.717) is 36.8 Å². The molecule has 0 amide bonds. The zero-order valence-electron chi connectivity index (χ0n) is 9.89. The third kappa shape index (κ3) is 1.94. The van der Waals surface area contributed by atoms with E-state index in [4.69, 9.17) is 4.42 Å². The monoisotopic (exact) mass is 243 g/mol. The summed E-state index contributed by atoms with van der Waals surface area (Å²) in [6.45, 7) is 0. The quantitative estimate of drug-likeness (QED) is 0.761. The molecule has 4 nitrogen and oxygen atoms in total. The van der Waals surface area contributed by atoms with E-state index in [-0.39, 0.29) is 17.5 Å². The fraction of sp³-hybridized carbons (Fsp3) is 0.357. The Kier molecular flexibility index (Phi) is 2.70. The molecule has 1 aliphatic rings. The summed E-state index contributed by atoms with van der Waals surface area (Å²) in [6, 6.07) is 5.31. The number of carbonyl (C=O) groups excluding carboxylic acids is 2. The number of fused-ring (bicyclic) bond motifs is 1. The molecule has 92 valence electrons. The van der Waals surface area contributed by atoms with Crippen LogP contribution in [0.15, 0.2) is 29.0 Å². The first kappa shape index (κ1) is 11.1. The van der Waals surface area contributed by atoms with Gasteiger partial charge in [0.25, 0.3) is 0 Å². The molecule has 1 aliphatic carbocycles. The van der Waals surface area contributed by atoms with Crippen LogP contribution >= 0.6 is 0 Å². The molecule has 0 atom stereocenters. The third-order valence-corrected chi connectivity index (χ3v) is 3.53. The van der Waals surface area contributed by atoms with Crippen molar-refractivity contribution in [3.05, 3.63) is 30.2 Å². The van der Waals surface area contributed by atoms with Gasteiger partial charge in [-0.1, -0.05) is 0 Å². The molecule has 0 bridgehead atoms. The maximum Gasteiger partial charge on any atom is 0.181 e. The molecule has 1 heterocycles. The van der Waals surface area contributed by atoms with E-state index in [0.717, 1.165) is 5.52 Å². The van der Waals surface area contributed by atoms with Gasteiger partial charge in [-0.3, -0.25) is 9.59 Å². The van der Waals surface area contributed by atoms with E-state index in [1.54, 1.807) is 18.2 Å². The highest BCUT2D eigenvalue weighted by atomic mass is 16.3. The number of oxazole rings is 1. The molecule has 1 aromatic carbocycles. The summed E-state index contributed by atoms with van der Waals surface area (Å²) in [5, 5.41) is 0. The maximum atomic E-state index is 12.3. The lowest BCUT2D eigenvalue weighted by molar-refractivity contribution is -0.120. The summed E-state index contributed by atoms with van der Waals surface area (Å²) in [6.07, 6.45) is 3.78. The molecule has 0 unspecified atom stereocenters. The molecule has 18 heavy (non-hydrogen) atoms. The van der Waals surface area contributed by atoms with Gasteiger partial charge in [0.1, 0.15) is 11.3 Å². The van der Waals surface area contributed by atoms with Crippen molar-refractivity contribution in [1.29, 1.82) is 0 Å². The van der Waals surface area contributed by atoms with Gasteiger partial charge < -0.3 is 4.42 Å². The lowest BCUT2D eigenvalue weighted by atomic mass is 9.83. The van der Waals surface area contributed by atoms with Gasteiger partial charge in [0.2, 0.25) is 0 Å². The Bertz CT molecular complexity index is 604. The van der Waals surface area contributed by atoms with E-state index < -0.39 is 0 Å². The number of carbonyl (C=O) groups is 2. The van der Waals surface area contributed by atoms with Crippen molar-refractivity contribution in [2.24, 2.45) is 5.92 Å². The number of nitrogens with zero attached hydrogens (tertiary/aromatic N) is 1. The Balaban J connectivity index is 1.84. The van der Waals surface area contributed by atoms with Crippen molar-refractivity contribution < 1.29 is 14.0 Å². The van der Waals surface area contributed by atoms with Crippen LogP contribution in [-0.4, -0.2) is 16.6 Å². The first-order valence-corrected chi connectivity index (χ1v) is 6.13. The Labute approximate surface area is 104 Å². The number of Topliss-reactive ketones (excluding diaryl/α,β-unsaturated/α-hetero) is 2. The molecule has 0 saturated heterocycles. The second-order valence-corrected chi connectivity index (χ2v) is 4.71. The predicted molar refractivity (Wildman–Crippen MR) is 65.3 cm³/mol. The molecule has 1 aromatic heterocycles. The van der Waals surface area contributed by atoms with Gasteiger partial charge in [-0.15, -0.1) is 0 Å². The van der Waals surface area contributed by atoms with Crippen LogP contribution in [0.5, 0.6) is 0 Å². The van der Waals surface area contributed by atoms with Crippen molar-refractivity contribution in [1.82, 2.24) is 4.98 Å². The summed E-state index contributed by atoms with van der Waals surface area (Å²) >= 11 is 0. The van der Waals surface area contributed by atoms with Crippen LogP contribution in [-0.2, 0) is 4.79 Å². The van der Waals surface area contributed by atoms with Crippen molar-refractivity contribution in [2.45, 2.75) is 25.7 Å². The maximum absolute atomic E-state index is 12.3. The molecule has 1 fully saturated rings. The van der Waals surface area contributed by atoms with Crippen LogP contribution in [0.25, 0.3) is 11.1 Å². The van der Waals surface area contributed by atoms with Crippen LogP contribution in [0, 0.1) is 5.92 Å². The van der Waals surface area contributed by atoms with Gasteiger partial charge in [0, 0.05) is 24.3 Å². The van der Waals surface area contributed by atoms with E-state index in [2.05, 4.69) is 4.98 Å². The van der Waals surface area contributed by atoms with Crippen LogP contribution in [0.2, 0.25) is 0 Å². The van der Waals surface area contributed by atoms with E-state index in [1.165, 1.54) is 6.39 Å². The van der Waals surface area contributed by atoms with Gasteiger partial charge in [-0.05, 0) is 31.0 Å². The summed E-state index contributed by atoms with van der Waals surface area (Å²) < 4.78 is 5.20. The highest BCUT2D eigenvalue weighted by Crippen LogP contribution is 2.26. The minimum atomic E-state index is -0.0249. The first-order valence-electron chi connectivity index (χ1n) is 6.13. The van der Waals surface area contributed by atoms with Gasteiger partial charge in [0.05, 0.1) is 0 Å². The Morgan fingerprint density at radius 2 is 2.06 bits per heavy atom. The van der Waals surface area contributed by atoms with Gasteiger partial charge in [-0.25, -0.2) is 4.98 Å². The van der Waals surface area contributed by atoms with Gasteiger partial charge in [-0.2, -0.15) is 0 Å². The average molecular weight is 243 g/mol. The summed E-state index contributed by atoms with van der Waals surface area (Å²) in [4.78, 5) is 27.5. The van der Waals surface area contributed by atoms with Crippen molar-refractivity contribution in [3.8, 4) is 0 Å². The summed E-state index contributed by atoms with van der Waals surface area (Å²) in [7, 11) is 0. The predicted octanol–water partition coefficient (Wildman–Crippen LogP) is 2.77. The average Bonchev–Trinajstić information content (AvgIpc) is 2.86. The van der Waals surface area contributed by atoms with Crippen LogP contribution in [0.4, 0.5) is 0 Å². The highest BCUT2D eigenvalue weighted by Gasteiger charge is 2.25. The van der Waals surface area contributed by atoms with Crippen molar-refractivity contribution in [2.75, 3.05) is 0 Å². The number of ketones is 2. The molecule has 0 radical (unpaired) electrons. The molecule has 2 aromatic rings. The van der Waals surface area contributed by atoms with Gasteiger partial charge in [0.15, 0.2) is 17.8 Å². The number of aromatic nitrogens is 1. The molecule has 0 aliphatic heterocycles. The first-order chi connectivity index (χ1) is 8.74. The Morgan fingerprint density at radius 3 is 2.83 bits per heavy atom. The second kappa shape index (κ2) is 4.37. The largest absolute Gasteiger partial charge is 0.443 e. The normalized spacial score (nSPS) is 17.2. The third-order valence-electron chi connectivity index (χ3n) is 3.53. The number of rotatable bonds is 2. The topological polar surface area (TPSA) is 60.2 Å². The SMILES string of the molecule is O=C1CCC(C(=O)c2ccc3ncoc3c2)CC1. The standard InChI is InChI=1S/C14H13NO3/c16-11-4-1-9(2-5-11)14(17)10-3-6-12-13(7-10)18-8-15-12/h3,6-9H,1-2,4-5H2. The van der Waals surface area contributed by atoms with Crippen LogP contribution in [0.3, 0.4) is 0 Å². The lowest BCUT2D eigenvalue weighted by Gasteiger charge is -2.19. The van der Waals surface area contributed by atoms with Crippen molar-refractivity contribution in [3.63, 3.8) is 0 Å². The van der Waals surface area contributed by atoms with E-state index >= 15 is 0 Å². The van der Waals surface area contributed by atoms with Gasteiger partial charge >= 0.3 is 0 Å². The molecule has 4 heteroatoms. The fourth-order valence-corrected chi connectivity index (χ4v) is 2.45. The fourth-order valence-electron chi connectivity index (χ4n) is 2.45. The molecule has 0 spiro atoms. The molecule has 0 N–H and O–H groups in total. The smallest absolute Gasteiger partial charge is 0.181 e. The lowest BCUT2D eigenvalue weighted by Crippen LogP contribution is -2.21. The summed E-state index contributed by atoms with van der Waals surface area (Å²) in [5.41, 5.74) is 2.04. The minimum Gasteiger partial charge on any atom is -0.443 e. The summed E-state index contributed by atoms with van der Waals surface area (Å²) in [5.74, 6) is 0.355. The van der Waals surface area contributed by atoms with Crippen LogP contribution < -0.4 is 0 Å². The minimum absolute atomic E-state index is 0.0249. The molecule has 1 saturated carbocycles. The highest BCUT2D eigenvalue weighted by molar-refractivity contribution is 6.00. The van der Waals surface area contributed by atoms with Crippen molar-refractivity contribution >= 4 is 22.7 Å². The zero-order valence-corrected chi connectivity index (χ0v) is 9.89. The Hall–Kier alpha value is -1.97. The molecular formula is C14H13NO3. The molecule has 3 rings (SSSR count). The number of hydrogen-bond acceptors (Lipinski definition) is 4. The number of hydrogen-bond donors (Lipinski definition) is 0. The number of benzene rings is 1. The van der Waals surface area contributed by atoms with E-state index in [1.807, 2.05) is 0 Å². The van der Waals surface area contributed by atoms with E-state index in [9.17, 15) is 9.59 Å².